The molecule has 0 spiro atoms. The number of carbonyl (C=O) groups is 1. The minimum Gasteiger partial charge on any atom is -0.511 e. The summed E-state index contributed by atoms with van der Waals surface area (Å²) in [5.74, 6) is 1.24. The van der Waals surface area contributed by atoms with Crippen LogP contribution in [-0.2, 0) is 13.0 Å². The van der Waals surface area contributed by atoms with Gasteiger partial charge in [-0.1, -0.05) is 78.9 Å². The van der Waals surface area contributed by atoms with E-state index in [9.17, 15) is 9.90 Å². The molecule has 4 aromatic carbocycles. The van der Waals surface area contributed by atoms with Crippen LogP contribution in [0.3, 0.4) is 0 Å². The van der Waals surface area contributed by atoms with Crippen molar-refractivity contribution in [2.45, 2.75) is 13.0 Å². The van der Waals surface area contributed by atoms with Gasteiger partial charge in [-0.2, -0.15) is 9.78 Å². The predicted octanol–water partition coefficient (Wildman–Crippen LogP) is 6.79. The van der Waals surface area contributed by atoms with Crippen LogP contribution in [0.15, 0.2) is 109 Å². The highest BCUT2D eigenvalue weighted by Crippen LogP contribution is 2.41. The number of allylic oxidation sites excluding steroid dienone is 2. The smallest absolute Gasteiger partial charge is 0.282 e. The monoisotopic (exact) mass is 555 g/mol. The number of nitrogens with zero attached hydrogens (tertiary/aromatic N) is 3. The molecule has 0 saturated carbocycles. The summed E-state index contributed by atoms with van der Waals surface area (Å²) in [7, 11) is 1.66. The number of hydrogen-bond acceptors (Lipinski definition) is 6. The lowest BCUT2D eigenvalue weighted by Crippen LogP contribution is -2.32. The molecular formula is C35H29N3O4. The lowest BCUT2D eigenvalue weighted by Gasteiger charge is -2.32. The Morgan fingerprint density at radius 1 is 0.881 bits per heavy atom. The normalized spacial score (nSPS) is 14.3. The van der Waals surface area contributed by atoms with E-state index in [0.29, 0.717) is 36.6 Å². The van der Waals surface area contributed by atoms with Crippen LogP contribution in [0.4, 0.5) is 5.69 Å². The van der Waals surface area contributed by atoms with E-state index in [2.05, 4.69) is 4.90 Å². The van der Waals surface area contributed by atoms with Crippen molar-refractivity contribution in [2.24, 2.45) is 0 Å². The molecule has 5 aromatic rings. The number of methoxy groups -OCH3 is 1. The Kier molecular flexibility index (Phi) is 6.47. The Balaban J connectivity index is 1.28. The van der Waals surface area contributed by atoms with Crippen LogP contribution in [0.1, 0.15) is 21.6 Å². The summed E-state index contributed by atoms with van der Waals surface area (Å²) < 4.78 is 12.7. The van der Waals surface area contributed by atoms with Crippen LogP contribution in [0.5, 0.6) is 11.5 Å². The van der Waals surface area contributed by atoms with Gasteiger partial charge in [0.15, 0.2) is 0 Å². The van der Waals surface area contributed by atoms with Crippen molar-refractivity contribution in [3.63, 3.8) is 0 Å². The van der Waals surface area contributed by atoms with Crippen molar-refractivity contribution < 1.29 is 19.4 Å². The lowest BCUT2D eigenvalue weighted by atomic mass is 9.93. The van der Waals surface area contributed by atoms with Crippen molar-refractivity contribution in [2.75, 3.05) is 25.2 Å². The summed E-state index contributed by atoms with van der Waals surface area (Å²) in [6.07, 6.45) is 0.189. The number of rotatable bonds is 6. The molecule has 0 atom stereocenters. The van der Waals surface area contributed by atoms with E-state index in [4.69, 9.17) is 14.6 Å². The molecule has 2 aliphatic rings. The molecular weight excluding hydrogens is 526 g/mol. The molecule has 0 saturated heterocycles. The second kappa shape index (κ2) is 10.6. The Hall–Kier alpha value is -5.30. The van der Waals surface area contributed by atoms with E-state index in [1.54, 1.807) is 7.11 Å². The molecule has 7 heteroatoms. The Bertz CT molecular complexity index is 1810. The Labute approximate surface area is 243 Å². The number of aliphatic hydroxyl groups excluding tert-OH is 1. The maximum Gasteiger partial charge on any atom is 0.282 e. The first kappa shape index (κ1) is 25.7. The van der Waals surface area contributed by atoms with Gasteiger partial charge in [-0.25, -0.2) is 0 Å². The fourth-order valence-electron chi connectivity index (χ4n) is 5.80. The molecule has 0 fully saturated rings. The quantitative estimate of drug-likeness (QED) is 0.249. The number of carbonyl (C=O) groups excluding carboxylic acids is 1. The second-order valence-corrected chi connectivity index (χ2v) is 10.4. The number of ether oxygens (including phenoxy) is 2. The van der Waals surface area contributed by atoms with Gasteiger partial charge >= 0.3 is 0 Å². The first-order chi connectivity index (χ1) is 20.6. The topological polar surface area (TPSA) is 76.8 Å². The molecule has 3 heterocycles. The second-order valence-electron chi connectivity index (χ2n) is 10.4. The van der Waals surface area contributed by atoms with E-state index >= 15 is 0 Å². The molecule has 1 N–H and O–H groups in total. The van der Waals surface area contributed by atoms with Crippen LogP contribution in [0.2, 0.25) is 0 Å². The van der Waals surface area contributed by atoms with Crippen LogP contribution in [-0.4, -0.2) is 41.1 Å². The molecule has 208 valence electrons. The first-order valence-corrected chi connectivity index (χ1v) is 14.0. The Morgan fingerprint density at radius 2 is 1.60 bits per heavy atom. The van der Waals surface area contributed by atoms with E-state index in [1.165, 1.54) is 4.68 Å². The van der Waals surface area contributed by atoms with E-state index < -0.39 is 0 Å². The Morgan fingerprint density at radius 3 is 2.31 bits per heavy atom. The summed E-state index contributed by atoms with van der Waals surface area (Å²) in [5, 5.41) is 16.2. The van der Waals surface area contributed by atoms with Crippen LogP contribution >= 0.6 is 0 Å². The van der Waals surface area contributed by atoms with Crippen LogP contribution < -0.4 is 14.4 Å². The van der Waals surface area contributed by atoms with Gasteiger partial charge in [0.1, 0.15) is 29.6 Å². The molecule has 1 aromatic heterocycles. The van der Waals surface area contributed by atoms with Crippen molar-refractivity contribution in [1.29, 1.82) is 0 Å². The molecule has 0 aliphatic carbocycles. The highest BCUT2D eigenvalue weighted by atomic mass is 16.5. The van der Waals surface area contributed by atoms with Crippen molar-refractivity contribution in [3.8, 4) is 33.9 Å². The van der Waals surface area contributed by atoms with E-state index in [-0.39, 0.29) is 23.7 Å². The van der Waals surface area contributed by atoms with Gasteiger partial charge in [-0.05, 0) is 41.0 Å². The zero-order valence-corrected chi connectivity index (χ0v) is 23.2. The van der Waals surface area contributed by atoms with E-state index in [0.717, 1.165) is 39.4 Å². The third-order valence-corrected chi connectivity index (χ3v) is 7.86. The maximum atomic E-state index is 14.1. The van der Waals surface area contributed by atoms with E-state index in [1.807, 2.05) is 103 Å². The first-order valence-electron chi connectivity index (χ1n) is 14.0. The summed E-state index contributed by atoms with van der Waals surface area (Å²) in [6.45, 7) is 1.94. The number of anilines is 1. The number of fused-ring (bicyclic) bond motifs is 2. The number of hydrogen-bond donors (Lipinski definition) is 1. The molecule has 0 radical (unpaired) electrons. The van der Waals surface area contributed by atoms with Crippen molar-refractivity contribution in [1.82, 2.24) is 9.78 Å². The molecule has 0 bridgehead atoms. The van der Waals surface area contributed by atoms with Gasteiger partial charge in [0.25, 0.3) is 5.91 Å². The highest BCUT2D eigenvalue weighted by molar-refractivity contribution is 6.22. The fraction of sp³-hybridized carbons (Fsp3) is 0.143. The van der Waals surface area contributed by atoms with Gasteiger partial charge in [0.2, 0.25) is 0 Å². The summed E-state index contributed by atoms with van der Waals surface area (Å²) in [4.78, 5) is 16.3. The van der Waals surface area contributed by atoms with Crippen LogP contribution in [0, 0.1) is 0 Å². The third-order valence-electron chi connectivity index (χ3n) is 7.86. The molecule has 7 nitrogen and oxygen atoms in total. The zero-order valence-electron chi connectivity index (χ0n) is 23.2. The van der Waals surface area contributed by atoms with Gasteiger partial charge < -0.3 is 19.5 Å². The maximum absolute atomic E-state index is 14.1. The highest BCUT2D eigenvalue weighted by Gasteiger charge is 2.33. The zero-order chi connectivity index (χ0) is 28.6. The number of aromatic nitrogens is 2. The van der Waals surface area contributed by atoms with Crippen LogP contribution in [0.25, 0.3) is 28.0 Å². The molecule has 7 rings (SSSR count). The van der Waals surface area contributed by atoms with Gasteiger partial charge in [0, 0.05) is 24.1 Å². The summed E-state index contributed by atoms with van der Waals surface area (Å²) >= 11 is 0. The SMILES string of the molecule is COc1ccc(CN2CCOc3ccc(C4=C(O)Cc5c(-c6ccccc6)c(-c6ccccc6)nn5C4=O)cc32)cc1. The molecule has 2 aliphatic heterocycles. The minimum atomic E-state index is -0.355. The largest absolute Gasteiger partial charge is 0.511 e. The number of benzene rings is 4. The average Bonchev–Trinajstić information content (AvgIpc) is 3.42. The third kappa shape index (κ3) is 4.49. The predicted molar refractivity (Wildman–Crippen MR) is 163 cm³/mol. The lowest BCUT2D eigenvalue weighted by molar-refractivity contribution is 0.0953. The minimum absolute atomic E-state index is 0.0302. The molecule has 0 unspecified atom stereocenters. The van der Waals surface area contributed by atoms with Gasteiger partial charge in [-0.3, -0.25) is 4.79 Å². The average molecular weight is 556 g/mol. The number of aliphatic hydroxyl groups is 1. The molecule has 42 heavy (non-hydrogen) atoms. The summed E-state index contributed by atoms with van der Waals surface area (Å²) in [6, 6.07) is 33.4. The standard InChI is InChI=1S/C35H29N3O4/c1-41-27-15-12-23(13-16-27)22-37-18-19-42-31-17-14-26(20-28(31)37)33-30(39)21-29-32(24-8-4-2-5-9-24)34(36-38(29)35(33)40)25-10-6-3-7-11-25/h2-17,20,39H,18-19,21-22H2,1H3. The summed E-state index contributed by atoms with van der Waals surface area (Å²) in [5.41, 5.74) is 6.99. The van der Waals surface area contributed by atoms with Gasteiger partial charge in [-0.15, -0.1) is 0 Å². The van der Waals surface area contributed by atoms with Crippen molar-refractivity contribution in [3.05, 3.63) is 126 Å². The van der Waals surface area contributed by atoms with Gasteiger partial charge in [0.05, 0.1) is 30.6 Å². The van der Waals surface area contributed by atoms with Crippen molar-refractivity contribution >= 4 is 17.2 Å². The molecule has 0 amide bonds. The fourth-order valence-corrected chi connectivity index (χ4v) is 5.80.